The van der Waals surface area contributed by atoms with Gasteiger partial charge in [0, 0.05) is 23.8 Å². The Morgan fingerprint density at radius 3 is 1.88 bits per heavy atom. The summed E-state index contributed by atoms with van der Waals surface area (Å²) in [5, 5.41) is 6.54. The number of rotatable bonds is 4. The van der Waals surface area contributed by atoms with Crippen LogP contribution in [-0.4, -0.2) is 19.9 Å². The summed E-state index contributed by atoms with van der Waals surface area (Å²) >= 11 is 0. The van der Waals surface area contributed by atoms with Gasteiger partial charge in [0.05, 0.1) is 0 Å². The van der Waals surface area contributed by atoms with Crippen LogP contribution in [-0.2, 0) is 0 Å². The number of fused-ring (bicyclic) bond motifs is 1. The third-order valence-corrected chi connectivity index (χ3v) is 3.95. The van der Waals surface area contributed by atoms with E-state index in [1.807, 2.05) is 48.5 Å². The minimum Gasteiger partial charge on any atom is -0.338 e. The first kappa shape index (κ1) is 16.0. The molecule has 0 atom stereocenters. The van der Waals surface area contributed by atoms with Gasteiger partial charge >= 0.3 is 0 Å². The Morgan fingerprint density at radius 2 is 1.23 bits per heavy atom. The third kappa shape index (κ3) is 3.44. The van der Waals surface area contributed by atoms with Crippen molar-refractivity contribution in [1.82, 2.24) is 19.9 Å². The number of nitrogens with zero attached hydrogens (tertiary/aromatic N) is 4. The van der Waals surface area contributed by atoms with E-state index in [4.69, 9.17) is 0 Å². The lowest BCUT2D eigenvalue weighted by atomic mass is 10.2. The van der Waals surface area contributed by atoms with Crippen molar-refractivity contribution >= 4 is 34.3 Å². The summed E-state index contributed by atoms with van der Waals surface area (Å²) in [6, 6.07) is 16.2. The molecule has 2 N–H and O–H groups in total. The number of anilines is 4. The number of benzene rings is 2. The molecule has 0 fully saturated rings. The highest BCUT2D eigenvalue weighted by atomic mass is 15.2. The normalized spacial score (nSPS) is 10.7. The smallest absolute Gasteiger partial charge is 0.231 e. The molecule has 0 saturated heterocycles. The van der Waals surface area contributed by atoms with Crippen LogP contribution in [0, 0.1) is 13.8 Å². The van der Waals surface area contributed by atoms with Gasteiger partial charge in [-0.15, -0.1) is 0 Å². The SMILES string of the molecule is Cc1ccc(Nc2nc(Nc3ccc(C)cc3)c3nccnc3n2)cc1. The second kappa shape index (κ2) is 6.76. The van der Waals surface area contributed by atoms with E-state index >= 15 is 0 Å². The van der Waals surface area contributed by atoms with Crippen LogP contribution in [0.2, 0.25) is 0 Å². The Balaban J connectivity index is 1.72. The highest BCUT2D eigenvalue weighted by molar-refractivity contribution is 5.86. The molecule has 2 aromatic heterocycles. The summed E-state index contributed by atoms with van der Waals surface area (Å²) < 4.78 is 0. The number of aryl methyl sites for hydroxylation is 2. The van der Waals surface area contributed by atoms with Crippen molar-refractivity contribution in [1.29, 1.82) is 0 Å². The molecule has 0 amide bonds. The first-order chi connectivity index (χ1) is 12.7. The van der Waals surface area contributed by atoms with Crippen LogP contribution in [0.5, 0.6) is 0 Å². The topological polar surface area (TPSA) is 75.6 Å². The van der Waals surface area contributed by atoms with Crippen molar-refractivity contribution in [3.8, 4) is 0 Å². The monoisotopic (exact) mass is 342 g/mol. The molecule has 0 unspecified atom stereocenters. The van der Waals surface area contributed by atoms with Crippen molar-refractivity contribution in [3.05, 3.63) is 72.1 Å². The van der Waals surface area contributed by atoms with Gasteiger partial charge in [0.25, 0.3) is 0 Å². The molecule has 2 heterocycles. The van der Waals surface area contributed by atoms with E-state index in [2.05, 4.69) is 44.4 Å². The van der Waals surface area contributed by atoms with Gasteiger partial charge in [-0.05, 0) is 38.1 Å². The summed E-state index contributed by atoms with van der Waals surface area (Å²) in [7, 11) is 0. The highest BCUT2D eigenvalue weighted by Gasteiger charge is 2.10. The maximum atomic E-state index is 4.60. The summed E-state index contributed by atoms with van der Waals surface area (Å²) in [6.45, 7) is 4.11. The van der Waals surface area contributed by atoms with Gasteiger partial charge in [0.2, 0.25) is 5.95 Å². The summed E-state index contributed by atoms with van der Waals surface area (Å²) in [5.74, 6) is 1.08. The van der Waals surface area contributed by atoms with E-state index in [1.165, 1.54) is 11.1 Å². The molecule has 0 saturated carbocycles. The van der Waals surface area contributed by atoms with Gasteiger partial charge in [0.1, 0.15) is 0 Å². The Labute approximate surface area is 151 Å². The fourth-order valence-electron chi connectivity index (χ4n) is 2.55. The number of hydrogen-bond acceptors (Lipinski definition) is 6. The summed E-state index contributed by atoms with van der Waals surface area (Å²) in [6.07, 6.45) is 3.26. The van der Waals surface area contributed by atoms with E-state index in [-0.39, 0.29) is 0 Å². The molecule has 6 heteroatoms. The van der Waals surface area contributed by atoms with Crippen LogP contribution < -0.4 is 10.6 Å². The molecule has 6 nitrogen and oxygen atoms in total. The molecular weight excluding hydrogens is 324 g/mol. The summed E-state index contributed by atoms with van der Waals surface area (Å²) in [4.78, 5) is 17.8. The molecule has 0 aliphatic heterocycles. The Hall–Kier alpha value is -3.54. The maximum absolute atomic E-state index is 4.60. The van der Waals surface area contributed by atoms with Gasteiger partial charge in [0.15, 0.2) is 17.0 Å². The van der Waals surface area contributed by atoms with Crippen LogP contribution in [0.25, 0.3) is 11.2 Å². The minimum absolute atomic E-state index is 0.469. The lowest BCUT2D eigenvalue weighted by Gasteiger charge is -2.11. The number of hydrogen-bond donors (Lipinski definition) is 2. The summed E-state index contributed by atoms with van der Waals surface area (Å²) in [5.41, 5.74) is 5.41. The molecule has 26 heavy (non-hydrogen) atoms. The van der Waals surface area contributed by atoms with Gasteiger partial charge in [-0.1, -0.05) is 35.4 Å². The lowest BCUT2D eigenvalue weighted by molar-refractivity contribution is 1.15. The second-order valence-corrected chi connectivity index (χ2v) is 6.11. The molecule has 128 valence electrons. The van der Waals surface area contributed by atoms with E-state index < -0.39 is 0 Å². The van der Waals surface area contributed by atoms with Crippen LogP contribution >= 0.6 is 0 Å². The van der Waals surface area contributed by atoms with Crippen LogP contribution in [0.3, 0.4) is 0 Å². The van der Waals surface area contributed by atoms with Gasteiger partial charge in [-0.25, -0.2) is 9.97 Å². The average Bonchev–Trinajstić information content (AvgIpc) is 2.65. The Kier molecular flexibility index (Phi) is 4.15. The molecule has 0 aliphatic rings. The molecule has 0 spiro atoms. The van der Waals surface area contributed by atoms with E-state index in [1.54, 1.807) is 12.4 Å². The molecule has 0 aliphatic carbocycles. The zero-order valence-corrected chi connectivity index (χ0v) is 14.6. The first-order valence-electron chi connectivity index (χ1n) is 8.33. The molecule has 2 aromatic carbocycles. The van der Waals surface area contributed by atoms with Crippen LogP contribution in [0.4, 0.5) is 23.1 Å². The molecule has 4 rings (SSSR count). The van der Waals surface area contributed by atoms with Gasteiger partial charge in [-0.3, -0.25) is 0 Å². The molecule has 0 radical (unpaired) electrons. The van der Waals surface area contributed by atoms with Gasteiger partial charge in [-0.2, -0.15) is 9.97 Å². The van der Waals surface area contributed by atoms with Gasteiger partial charge < -0.3 is 10.6 Å². The maximum Gasteiger partial charge on any atom is 0.231 e. The highest BCUT2D eigenvalue weighted by Crippen LogP contribution is 2.24. The largest absolute Gasteiger partial charge is 0.338 e. The predicted molar refractivity (Wildman–Crippen MR) is 104 cm³/mol. The second-order valence-electron chi connectivity index (χ2n) is 6.11. The van der Waals surface area contributed by atoms with Crippen molar-refractivity contribution in [2.24, 2.45) is 0 Å². The minimum atomic E-state index is 0.469. The molecule has 4 aromatic rings. The zero-order valence-electron chi connectivity index (χ0n) is 14.6. The van der Waals surface area contributed by atoms with Crippen LogP contribution in [0.15, 0.2) is 60.9 Å². The first-order valence-corrected chi connectivity index (χ1v) is 8.33. The standard InChI is InChI=1S/C20H18N6/c1-13-3-7-15(8-4-13)23-19-17-18(22-12-11-21-17)25-20(26-19)24-16-9-5-14(2)6-10-16/h3-12H,1-2H3,(H2,22,23,24,25,26). The van der Waals surface area contributed by atoms with Crippen LogP contribution in [0.1, 0.15) is 11.1 Å². The van der Waals surface area contributed by atoms with Crippen molar-refractivity contribution in [3.63, 3.8) is 0 Å². The Morgan fingerprint density at radius 1 is 0.654 bits per heavy atom. The van der Waals surface area contributed by atoms with Crippen molar-refractivity contribution < 1.29 is 0 Å². The predicted octanol–water partition coefficient (Wildman–Crippen LogP) is 4.52. The average molecular weight is 342 g/mol. The Bertz CT molecular complexity index is 1040. The number of aromatic nitrogens is 4. The zero-order chi connectivity index (χ0) is 17.9. The molecule has 0 bridgehead atoms. The molecular formula is C20H18N6. The quantitative estimate of drug-likeness (QED) is 0.568. The fraction of sp³-hybridized carbons (Fsp3) is 0.100. The number of nitrogens with one attached hydrogen (secondary N) is 2. The van der Waals surface area contributed by atoms with E-state index in [0.717, 1.165) is 11.4 Å². The van der Waals surface area contributed by atoms with E-state index in [0.29, 0.717) is 22.9 Å². The van der Waals surface area contributed by atoms with E-state index in [9.17, 15) is 0 Å². The fourth-order valence-corrected chi connectivity index (χ4v) is 2.55. The van der Waals surface area contributed by atoms with Crippen molar-refractivity contribution in [2.75, 3.05) is 10.6 Å². The van der Waals surface area contributed by atoms with Crippen molar-refractivity contribution in [2.45, 2.75) is 13.8 Å². The third-order valence-electron chi connectivity index (χ3n) is 3.95. The lowest BCUT2D eigenvalue weighted by Crippen LogP contribution is -2.04.